The van der Waals surface area contributed by atoms with Crippen LogP contribution >= 0.6 is 11.8 Å². The number of hydrogen-bond donors (Lipinski definition) is 2. The van der Waals surface area contributed by atoms with Gasteiger partial charge < -0.3 is 15.1 Å². The first-order valence-electron chi connectivity index (χ1n) is 9.01. The maximum atomic E-state index is 9.55. The van der Waals surface area contributed by atoms with Crippen LogP contribution in [0, 0.1) is 0 Å². The van der Waals surface area contributed by atoms with Gasteiger partial charge in [0.1, 0.15) is 0 Å². The minimum Gasteiger partial charge on any atom is -0.478 e. The van der Waals surface area contributed by atoms with Gasteiger partial charge in [-0.25, -0.2) is 9.59 Å². The van der Waals surface area contributed by atoms with Crippen LogP contribution in [0.2, 0.25) is 0 Å². The van der Waals surface area contributed by atoms with E-state index in [1.165, 1.54) is 29.2 Å². The lowest BCUT2D eigenvalue weighted by atomic mass is 10.1. The molecule has 6 heteroatoms. The zero-order valence-corrected chi connectivity index (χ0v) is 16.8. The van der Waals surface area contributed by atoms with Crippen molar-refractivity contribution in [2.24, 2.45) is 0 Å². The molecule has 5 nitrogen and oxygen atoms in total. The minimum absolute atomic E-state index is 0.558. The van der Waals surface area contributed by atoms with E-state index in [2.05, 4.69) is 72.6 Å². The zero-order valence-electron chi connectivity index (χ0n) is 16.0. The number of likely N-dealkylation sites (N-methyl/N-ethyl adjacent to an activating group) is 1. The summed E-state index contributed by atoms with van der Waals surface area (Å²) >= 11 is 1.95. The molecule has 0 spiro atoms. The molecule has 0 saturated heterocycles. The van der Waals surface area contributed by atoms with Crippen molar-refractivity contribution in [2.45, 2.75) is 17.7 Å². The molecule has 2 aromatic carbocycles. The average molecular weight is 402 g/mol. The molecule has 0 heterocycles. The molecule has 150 valence electrons. The monoisotopic (exact) mass is 401 g/mol. The molecule has 28 heavy (non-hydrogen) atoms. The predicted octanol–water partition coefficient (Wildman–Crippen LogP) is 4.06. The largest absolute Gasteiger partial charge is 0.478 e. The van der Waals surface area contributed by atoms with E-state index >= 15 is 0 Å². The van der Waals surface area contributed by atoms with Crippen LogP contribution in [0.5, 0.6) is 0 Å². The van der Waals surface area contributed by atoms with Gasteiger partial charge in [0, 0.05) is 23.6 Å². The van der Waals surface area contributed by atoms with Gasteiger partial charge >= 0.3 is 11.9 Å². The smallest absolute Gasteiger partial charge is 0.328 e. The molecule has 2 N–H and O–H groups in total. The van der Waals surface area contributed by atoms with Crippen LogP contribution in [0.1, 0.15) is 12.0 Å². The van der Waals surface area contributed by atoms with E-state index in [0.717, 1.165) is 13.0 Å². The van der Waals surface area contributed by atoms with Crippen molar-refractivity contribution in [3.63, 3.8) is 0 Å². The summed E-state index contributed by atoms with van der Waals surface area (Å²) in [6.07, 6.45) is 3.50. The van der Waals surface area contributed by atoms with Crippen molar-refractivity contribution in [3.05, 3.63) is 78.4 Å². The Morgan fingerprint density at radius 1 is 0.893 bits per heavy atom. The number of carboxylic acid groups (broad SMARTS) is 2. The van der Waals surface area contributed by atoms with Crippen molar-refractivity contribution < 1.29 is 19.8 Å². The minimum atomic E-state index is -1.26. The Bertz CT molecular complexity index is 704. The molecular formula is C22H27NO4S. The molecule has 0 aliphatic carbocycles. The Hall–Kier alpha value is -2.57. The van der Waals surface area contributed by atoms with E-state index in [-0.39, 0.29) is 0 Å². The SMILES string of the molecule is CN(CCCSc1ccccc1)CCc1ccccc1.O=C(O)C=CC(=O)O. The molecule has 0 bridgehead atoms. The second-order valence-electron chi connectivity index (χ2n) is 6.06. The summed E-state index contributed by atoms with van der Waals surface area (Å²) in [7, 11) is 2.22. The fraction of sp³-hybridized carbons (Fsp3) is 0.273. The van der Waals surface area contributed by atoms with Gasteiger partial charge in [0.25, 0.3) is 0 Å². The van der Waals surface area contributed by atoms with Gasteiger partial charge in [-0.2, -0.15) is 0 Å². The molecule has 2 aromatic rings. The van der Waals surface area contributed by atoms with Gasteiger partial charge in [-0.3, -0.25) is 0 Å². The highest BCUT2D eigenvalue weighted by atomic mass is 32.2. The summed E-state index contributed by atoms with van der Waals surface area (Å²) < 4.78 is 0. The Morgan fingerprint density at radius 3 is 1.96 bits per heavy atom. The van der Waals surface area contributed by atoms with Crippen LogP contribution in [0.15, 0.2) is 77.7 Å². The highest BCUT2D eigenvalue weighted by molar-refractivity contribution is 7.99. The molecule has 2 rings (SSSR count). The van der Waals surface area contributed by atoms with Crippen molar-refractivity contribution in [2.75, 3.05) is 25.9 Å². The quantitative estimate of drug-likeness (QED) is 0.355. The van der Waals surface area contributed by atoms with Crippen LogP contribution in [0.3, 0.4) is 0 Å². The van der Waals surface area contributed by atoms with E-state index in [4.69, 9.17) is 10.2 Å². The number of benzene rings is 2. The summed E-state index contributed by atoms with van der Waals surface area (Å²) in [5, 5.41) is 15.6. The number of hydrogen-bond acceptors (Lipinski definition) is 4. The Balaban J connectivity index is 0.000000416. The Labute approximate surface area is 170 Å². The maximum absolute atomic E-state index is 9.55. The van der Waals surface area contributed by atoms with Crippen molar-refractivity contribution in [3.8, 4) is 0 Å². The molecule has 0 saturated carbocycles. The Kier molecular flexibility index (Phi) is 12.1. The zero-order chi connectivity index (χ0) is 20.6. The summed E-state index contributed by atoms with van der Waals surface area (Å²) in [4.78, 5) is 22.9. The number of nitrogens with zero attached hydrogens (tertiary/aromatic N) is 1. The van der Waals surface area contributed by atoms with Crippen molar-refractivity contribution in [1.29, 1.82) is 0 Å². The fourth-order valence-electron chi connectivity index (χ4n) is 2.26. The normalized spacial score (nSPS) is 10.5. The maximum Gasteiger partial charge on any atom is 0.328 e. The van der Waals surface area contributed by atoms with Crippen LogP contribution in [0.25, 0.3) is 0 Å². The van der Waals surface area contributed by atoms with Gasteiger partial charge in [-0.05, 0) is 49.9 Å². The molecule has 0 radical (unpaired) electrons. The predicted molar refractivity (Wildman–Crippen MR) is 114 cm³/mol. The number of thioether (sulfide) groups is 1. The fourth-order valence-corrected chi connectivity index (χ4v) is 3.12. The lowest BCUT2D eigenvalue weighted by molar-refractivity contribution is -0.134. The standard InChI is InChI=1S/C18H23NS.C4H4O4/c1-19(15-13-17-9-4-2-5-10-17)14-8-16-20-18-11-6-3-7-12-18;5-3(6)1-2-4(7)8/h2-7,9-12H,8,13-16H2,1H3;1-2H,(H,5,6)(H,7,8). The van der Waals surface area contributed by atoms with Crippen LogP contribution in [-0.2, 0) is 16.0 Å². The van der Waals surface area contributed by atoms with Crippen LogP contribution in [-0.4, -0.2) is 52.9 Å². The lowest BCUT2D eigenvalue weighted by Crippen LogP contribution is -2.22. The molecule has 0 amide bonds. The third kappa shape index (κ3) is 12.7. The Morgan fingerprint density at radius 2 is 1.43 bits per heavy atom. The van der Waals surface area contributed by atoms with E-state index < -0.39 is 11.9 Å². The number of carbonyl (C=O) groups is 2. The molecule has 0 fully saturated rings. The second-order valence-corrected chi connectivity index (χ2v) is 7.23. The molecule has 0 atom stereocenters. The molecule has 0 aromatic heterocycles. The first-order chi connectivity index (χ1) is 13.5. The third-order valence-electron chi connectivity index (χ3n) is 3.69. The van der Waals surface area contributed by atoms with Gasteiger partial charge in [0.15, 0.2) is 0 Å². The van der Waals surface area contributed by atoms with Crippen molar-refractivity contribution in [1.82, 2.24) is 4.90 Å². The average Bonchev–Trinajstić information content (AvgIpc) is 2.70. The first kappa shape index (κ1) is 23.5. The second kappa shape index (κ2) is 14.5. The highest BCUT2D eigenvalue weighted by Crippen LogP contribution is 2.17. The van der Waals surface area contributed by atoms with Gasteiger partial charge in [0.05, 0.1) is 0 Å². The third-order valence-corrected chi connectivity index (χ3v) is 4.79. The summed E-state index contributed by atoms with van der Waals surface area (Å²) in [5.74, 6) is -1.32. The number of aliphatic carboxylic acids is 2. The topological polar surface area (TPSA) is 77.8 Å². The molecule has 0 unspecified atom stereocenters. The number of rotatable bonds is 10. The first-order valence-corrected chi connectivity index (χ1v) is 10.00. The van der Waals surface area contributed by atoms with Crippen molar-refractivity contribution >= 4 is 23.7 Å². The summed E-state index contributed by atoms with van der Waals surface area (Å²) in [6.45, 7) is 2.31. The van der Waals surface area contributed by atoms with E-state index in [0.29, 0.717) is 12.2 Å². The van der Waals surface area contributed by atoms with Crippen LogP contribution in [0.4, 0.5) is 0 Å². The molecule has 0 aliphatic heterocycles. The van der Waals surface area contributed by atoms with Crippen LogP contribution < -0.4 is 0 Å². The molecular weight excluding hydrogens is 374 g/mol. The van der Waals surface area contributed by atoms with E-state index in [1.54, 1.807) is 0 Å². The summed E-state index contributed by atoms with van der Waals surface area (Å²) in [6, 6.07) is 21.4. The van der Waals surface area contributed by atoms with Gasteiger partial charge in [-0.1, -0.05) is 48.5 Å². The highest BCUT2D eigenvalue weighted by Gasteiger charge is 2.00. The van der Waals surface area contributed by atoms with Gasteiger partial charge in [-0.15, -0.1) is 11.8 Å². The summed E-state index contributed by atoms with van der Waals surface area (Å²) in [5.41, 5.74) is 1.43. The van der Waals surface area contributed by atoms with Gasteiger partial charge in [0.2, 0.25) is 0 Å². The van der Waals surface area contributed by atoms with E-state index in [1.807, 2.05) is 11.8 Å². The lowest BCUT2D eigenvalue weighted by Gasteiger charge is -2.16. The number of carboxylic acids is 2. The molecule has 0 aliphatic rings. The van der Waals surface area contributed by atoms with E-state index in [9.17, 15) is 9.59 Å².